The molecule has 0 spiro atoms. The van der Waals surface area contributed by atoms with Crippen molar-refractivity contribution < 1.29 is 105 Å². The largest absolute Gasteiger partial charge is 0.508 e. The highest BCUT2D eigenvalue weighted by molar-refractivity contribution is 7.93. The first-order chi connectivity index (χ1) is 67.4. The Balaban J connectivity index is 0.000000158. The van der Waals surface area contributed by atoms with E-state index in [1.165, 1.54) is 147 Å². The normalized spacial score (nSPS) is 14.5. The van der Waals surface area contributed by atoms with Crippen LogP contribution in [0.5, 0.6) is 34.5 Å². The number of ether oxygens (including phenoxy) is 8. The third kappa shape index (κ3) is 29.5. The number of benzene rings is 8. The van der Waals surface area contributed by atoms with Crippen molar-refractivity contribution in [2.75, 3.05) is 121 Å². The molecule has 4 aliphatic rings. The van der Waals surface area contributed by atoms with Gasteiger partial charge in [-0.1, -0.05) is 63.5 Å². The molecule has 0 saturated carbocycles. The van der Waals surface area contributed by atoms with Crippen LogP contribution in [0.15, 0.2) is 183 Å². The molecule has 141 heavy (non-hydrogen) atoms. The monoisotopic (exact) mass is 2080 g/mol. The van der Waals surface area contributed by atoms with Crippen LogP contribution in [-0.4, -0.2) is 169 Å². The van der Waals surface area contributed by atoms with Crippen LogP contribution in [0.3, 0.4) is 0 Å². The Hall–Kier alpha value is -12.3. The Labute approximate surface area is 834 Å². The highest BCUT2D eigenvalue weighted by Crippen LogP contribution is 2.44. The van der Waals surface area contributed by atoms with E-state index in [0.717, 1.165) is 76.4 Å². The summed E-state index contributed by atoms with van der Waals surface area (Å²) < 4.78 is 171. The molecule has 0 radical (unpaired) electrons. The fraction of sp³-hybridized carbons (Fsp3) is 0.347. The molecule has 16 rings (SSSR count). The molecule has 43 heteroatoms. The third-order valence-corrected chi connectivity index (χ3v) is 33.2. The number of amides is 4. The molecule has 0 atom stereocenters. The molecule has 10 N–H and O–H groups in total. The molecule has 0 aliphatic carbocycles. The van der Waals surface area contributed by atoms with Crippen LogP contribution >= 0.6 is 45.3 Å². The first-order valence-corrected chi connectivity index (χ1v) is 54.3. The zero-order valence-electron chi connectivity index (χ0n) is 79.0. The minimum absolute atomic E-state index is 0.0249. The number of aromatic nitrogens is 4. The fourth-order valence-corrected chi connectivity index (χ4v) is 24.9. The Kier molecular flexibility index (Phi) is 36.5. The number of halogens is 1. The van der Waals surface area contributed by atoms with Crippen molar-refractivity contribution in [1.29, 1.82) is 0 Å². The number of carbonyl (C=O) groups excluding carboxylic acids is 4. The molecule has 4 aliphatic heterocycles. The summed E-state index contributed by atoms with van der Waals surface area (Å²) in [5.74, 6) is 1.05. The van der Waals surface area contributed by atoms with Crippen molar-refractivity contribution in [2.45, 2.75) is 138 Å². The number of anilines is 8. The van der Waals surface area contributed by atoms with Gasteiger partial charge in [0.05, 0.1) is 82.1 Å². The van der Waals surface area contributed by atoms with Gasteiger partial charge >= 0.3 is 0 Å². The van der Waals surface area contributed by atoms with Gasteiger partial charge in [0.25, 0.3) is 40.1 Å². The number of aromatic hydroxyl groups is 2. The van der Waals surface area contributed by atoms with Gasteiger partial charge < -0.3 is 69.4 Å². The summed E-state index contributed by atoms with van der Waals surface area (Å²) in [7, 11) is -10.4. The molecule has 0 unspecified atom stereocenters. The van der Waals surface area contributed by atoms with Gasteiger partial charge in [-0.3, -0.25) is 38.1 Å². The first-order valence-electron chi connectivity index (χ1n) is 45.1. The molecule has 4 amide bonds. The van der Waals surface area contributed by atoms with Gasteiger partial charge in [-0.05, 0) is 283 Å². The van der Waals surface area contributed by atoms with E-state index in [0.29, 0.717) is 179 Å². The zero-order chi connectivity index (χ0) is 101. The van der Waals surface area contributed by atoms with Crippen LogP contribution < -0.4 is 59.1 Å². The molecular weight excluding hydrogens is 1970 g/mol. The van der Waals surface area contributed by atoms with Crippen LogP contribution in [0.4, 0.5) is 47.7 Å². The standard InChI is InChI=1S/C25H29N3O6S2.C25H29N3O5S2.C24H26FN3O5S2.C24H27N3O6S2/c1-15-10-19(14-20(29)11-15)28-36(31,32)22-13-18(4-5-21(22)33-3)24-16(2)26-25(35-24)27-23(30)12-17-6-8-34-9-7-17;1-16-5-4-6-20(13-16)28-35(30,31)22-15-19(7-8-21(22)32-3)24-17(2)26-25(34-24)27-23(29)14-18-9-11-33-12-10-18;1-15-23(34-24(26-15)27-22(29)13-16-9-11-33-12-10-16)17-3-8-20(32-2)21(14-17)35(30,31)28-19-6-4-18(25)5-7-19;1-15-23(34-24(25-15)26-22(29)12-16-8-10-33-11-9-16)17-6-7-20(32-2)21(13-17)35(30,31)27-18-4-3-5-19(28)14-18/h4-5,10-11,13-14,17,28-29H,6-9,12H2,1-3H3,(H,26,27,30);4-8,13,15,18,28H,9-12,14H2,1-3H3,(H,26,27,29);3-8,14,16,28H,9-13H2,1-2H3,(H,26,27,29);3-7,13-14,16,27-28H,8-12H2,1-2H3,(H,25,26,29). The van der Waals surface area contributed by atoms with Crippen LogP contribution in [0.1, 0.15) is 111 Å². The average molecular weight is 2080 g/mol. The Bertz CT molecular complexity index is 6710. The van der Waals surface area contributed by atoms with E-state index in [-0.39, 0.29) is 94.8 Å². The lowest BCUT2D eigenvalue weighted by Crippen LogP contribution is -2.22. The predicted molar refractivity (Wildman–Crippen MR) is 544 cm³/mol. The number of methoxy groups -OCH3 is 4. The summed E-state index contributed by atoms with van der Waals surface area (Å²) in [6, 6.07) is 42.0. The van der Waals surface area contributed by atoms with Gasteiger partial charge in [-0.2, -0.15) is 0 Å². The Morgan fingerprint density at radius 3 is 0.887 bits per heavy atom. The van der Waals surface area contributed by atoms with E-state index in [9.17, 15) is 67.5 Å². The number of rotatable bonds is 32. The van der Waals surface area contributed by atoms with Crippen LogP contribution in [-0.2, 0) is 78.2 Å². The summed E-state index contributed by atoms with van der Waals surface area (Å²) in [5.41, 5.74) is 8.07. The predicted octanol–water partition coefficient (Wildman–Crippen LogP) is 18.9. The van der Waals surface area contributed by atoms with Crippen molar-refractivity contribution in [1.82, 2.24) is 19.9 Å². The molecule has 0 bridgehead atoms. The lowest BCUT2D eigenvalue weighted by atomic mass is 9.96. The summed E-state index contributed by atoms with van der Waals surface area (Å²) in [6.07, 6.45) is 8.67. The number of phenolic OH excluding ortho intramolecular Hbond substituents is 2. The highest BCUT2D eigenvalue weighted by atomic mass is 32.2. The molecule has 750 valence electrons. The number of phenols is 2. The van der Waals surface area contributed by atoms with Crippen LogP contribution in [0.25, 0.3) is 41.8 Å². The maximum atomic E-state index is 13.3. The number of hydrogen-bond donors (Lipinski definition) is 10. The molecule has 12 aromatic rings. The lowest BCUT2D eigenvalue weighted by Gasteiger charge is -2.20. The van der Waals surface area contributed by atoms with Gasteiger partial charge in [0.15, 0.2) is 20.5 Å². The van der Waals surface area contributed by atoms with Gasteiger partial charge in [0, 0.05) is 102 Å². The van der Waals surface area contributed by atoms with E-state index < -0.39 is 45.9 Å². The maximum Gasteiger partial charge on any atom is 0.265 e. The number of carbonyl (C=O) groups is 4. The third-order valence-electron chi connectivity index (χ3n) is 23.1. The summed E-state index contributed by atoms with van der Waals surface area (Å²) >= 11 is 5.17. The van der Waals surface area contributed by atoms with Crippen molar-refractivity contribution in [3.63, 3.8) is 0 Å². The Morgan fingerprint density at radius 2 is 0.603 bits per heavy atom. The van der Waals surface area contributed by atoms with Gasteiger partial charge in [0.1, 0.15) is 59.9 Å². The molecule has 4 saturated heterocycles. The minimum Gasteiger partial charge on any atom is -0.508 e. The SMILES string of the molecule is COc1ccc(-c2sc(NC(=O)CC3CCOCC3)nc2C)cc1S(=O)(=O)Nc1cc(C)cc(O)c1.COc1ccc(-c2sc(NC(=O)CC3CCOCC3)nc2C)cc1S(=O)(=O)Nc1ccc(F)cc1.COc1ccc(-c2sc(NC(=O)CC3CCOCC3)nc2C)cc1S(=O)(=O)Nc1cccc(C)c1.COc1ccc(-c2sc(NC(=O)CC3CCOCC3)nc2C)cc1S(=O)(=O)Nc1cccc(O)c1. The van der Waals surface area contributed by atoms with Crippen molar-refractivity contribution >= 4 is 152 Å². The van der Waals surface area contributed by atoms with Crippen molar-refractivity contribution in [2.24, 2.45) is 23.7 Å². The number of aryl methyl sites for hydroxylation is 6. The van der Waals surface area contributed by atoms with Crippen molar-refractivity contribution in [3.8, 4) is 76.3 Å². The smallest absolute Gasteiger partial charge is 0.265 e. The fourth-order valence-electron chi connectivity index (χ4n) is 16.0. The van der Waals surface area contributed by atoms with Gasteiger partial charge in [-0.15, -0.1) is 0 Å². The van der Waals surface area contributed by atoms with E-state index in [1.54, 1.807) is 98.8 Å². The Morgan fingerprint density at radius 1 is 0.333 bits per heavy atom. The van der Waals surface area contributed by atoms with Gasteiger partial charge in [-0.25, -0.2) is 58.0 Å². The molecule has 8 aromatic carbocycles. The first kappa shape index (κ1) is 106. The van der Waals surface area contributed by atoms with E-state index in [2.05, 4.69) is 60.1 Å². The number of sulfonamides is 4. The molecule has 4 aromatic heterocycles. The highest BCUT2D eigenvalue weighted by Gasteiger charge is 2.31. The average Bonchev–Trinajstić information content (AvgIpc) is 1.78. The summed E-state index contributed by atoms with van der Waals surface area (Å²) in [6.45, 7) is 16.4. The molecule has 4 fully saturated rings. The second kappa shape index (κ2) is 48.5. The summed E-state index contributed by atoms with van der Waals surface area (Å²) in [4.78, 5) is 70.8. The van der Waals surface area contributed by atoms with Crippen LogP contribution in [0, 0.1) is 71.0 Å². The quantitative estimate of drug-likeness (QED) is 0.0187. The molecular formula is C98H111FN12O22S8. The number of nitrogens with zero attached hydrogens (tertiary/aromatic N) is 4. The maximum absolute atomic E-state index is 13.3. The lowest BCUT2D eigenvalue weighted by molar-refractivity contribution is -0.118. The van der Waals surface area contributed by atoms with E-state index >= 15 is 0 Å². The molecule has 8 heterocycles. The van der Waals surface area contributed by atoms with E-state index in [4.69, 9.17) is 37.9 Å². The number of hydrogen-bond acceptors (Lipinski definition) is 30. The molecule has 34 nitrogen and oxygen atoms in total. The zero-order valence-corrected chi connectivity index (χ0v) is 85.6. The van der Waals surface area contributed by atoms with E-state index in [1.807, 2.05) is 33.8 Å². The second-order valence-electron chi connectivity index (χ2n) is 33.8. The number of thiazole rings is 4. The topological polar surface area (TPSA) is 467 Å². The minimum atomic E-state index is -4.04. The van der Waals surface area contributed by atoms with Crippen LogP contribution in [0.2, 0.25) is 0 Å². The van der Waals surface area contributed by atoms with Crippen molar-refractivity contribution in [3.05, 3.63) is 204 Å². The second-order valence-corrected chi connectivity index (χ2v) is 44.4. The number of nitrogens with one attached hydrogen (secondary N) is 8. The van der Waals surface area contributed by atoms with Gasteiger partial charge in [0.2, 0.25) is 23.6 Å². The summed E-state index contributed by atoms with van der Waals surface area (Å²) in [5, 5.41) is 32.9.